The molecule has 1 aromatic rings. The monoisotopic (exact) mass is 257 g/mol. The first kappa shape index (κ1) is 14.2. The van der Waals surface area contributed by atoms with E-state index in [2.05, 4.69) is 5.32 Å². The van der Waals surface area contributed by atoms with Gasteiger partial charge in [0.15, 0.2) is 11.6 Å². The van der Waals surface area contributed by atoms with Crippen molar-refractivity contribution in [2.24, 2.45) is 5.73 Å². The summed E-state index contributed by atoms with van der Waals surface area (Å²) < 4.78 is 18.2. The van der Waals surface area contributed by atoms with E-state index in [1.807, 2.05) is 6.92 Å². The van der Waals surface area contributed by atoms with Crippen molar-refractivity contribution >= 4 is 11.4 Å². The molecule has 1 unspecified atom stereocenters. The van der Waals surface area contributed by atoms with Gasteiger partial charge in [0.1, 0.15) is 5.69 Å². The van der Waals surface area contributed by atoms with Gasteiger partial charge in [0.2, 0.25) is 0 Å². The average Bonchev–Trinajstić information content (AvgIpc) is 2.36. The van der Waals surface area contributed by atoms with Crippen LogP contribution in [0.2, 0.25) is 0 Å². The van der Waals surface area contributed by atoms with Crippen LogP contribution in [0.4, 0.5) is 15.8 Å². The highest BCUT2D eigenvalue weighted by Gasteiger charge is 2.19. The van der Waals surface area contributed by atoms with Crippen LogP contribution in [0.5, 0.6) is 5.75 Å². The zero-order chi connectivity index (χ0) is 13.7. The van der Waals surface area contributed by atoms with Crippen molar-refractivity contribution in [2.45, 2.75) is 19.4 Å². The van der Waals surface area contributed by atoms with Crippen LogP contribution in [-0.2, 0) is 0 Å². The molecular formula is C11H16FN3O3. The van der Waals surface area contributed by atoms with Gasteiger partial charge in [-0.2, -0.15) is 0 Å². The molecule has 1 rings (SSSR count). The van der Waals surface area contributed by atoms with E-state index in [0.29, 0.717) is 6.54 Å². The normalized spacial score (nSPS) is 12.0. The van der Waals surface area contributed by atoms with Crippen LogP contribution < -0.4 is 15.8 Å². The molecule has 0 aromatic heterocycles. The lowest BCUT2D eigenvalue weighted by atomic mass is 10.2. The first-order valence-corrected chi connectivity index (χ1v) is 5.51. The molecule has 0 saturated carbocycles. The molecule has 3 N–H and O–H groups in total. The summed E-state index contributed by atoms with van der Waals surface area (Å²) in [5.41, 5.74) is 5.57. The molecule has 0 saturated heterocycles. The zero-order valence-electron chi connectivity index (χ0n) is 10.3. The number of nitro benzene ring substituents is 1. The minimum Gasteiger partial charge on any atom is -0.494 e. The molecule has 0 fully saturated rings. The second-order valence-corrected chi connectivity index (χ2v) is 3.81. The lowest BCUT2D eigenvalue weighted by Gasteiger charge is -2.13. The SMILES string of the molecule is CCC(N)CNc1cc(OC)c(F)cc1[N+](=O)[O-]. The van der Waals surface area contributed by atoms with Gasteiger partial charge >= 0.3 is 0 Å². The number of ether oxygens (including phenoxy) is 1. The van der Waals surface area contributed by atoms with Crippen LogP contribution in [0, 0.1) is 15.9 Å². The molecule has 18 heavy (non-hydrogen) atoms. The van der Waals surface area contributed by atoms with E-state index < -0.39 is 10.7 Å². The minimum atomic E-state index is -0.769. The standard InChI is InChI=1S/C11H16FN3O3/c1-3-7(13)6-14-9-5-11(18-2)8(12)4-10(9)15(16)17/h4-5,7,14H,3,6,13H2,1-2H3. The van der Waals surface area contributed by atoms with Gasteiger partial charge in [-0.1, -0.05) is 6.92 Å². The highest BCUT2D eigenvalue weighted by molar-refractivity contribution is 5.64. The van der Waals surface area contributed by atoms with E-state index in [1.165, 1.54) is 13.2 Å². The van der Waals surface area contributed by atoms with Gasteiger partial charge in [-0.25, -0.2) is 4.39 Å². The molecular weight excluding hydrogens is 241 g/mol. The molecule has 0 aliphatic rings. The molecule has 7 heteroatoms. The molecule has 0 amide bonds. The third-order valence-corrected chi connectivity index (χ3v) is 2.55. The number of nitro groups is 1. The van der Waals surface area contributed by atoms with Gasteiger partial charge < -0.3 is 15.8 Å². The average molecular weight is 257 g/mol. The van der Waals surface area contributed by atoms with Crippen LogP contribution in [0.3, 0.4) is 0 Å². The zero-order valence-corrected chi connectivity index (χ0v) is 10.3. The third-order valence-electron chi connectivity index (χ3n) is 2.55. The molecule has 1 atom stereocenters. The molecule has 100 valence electrons. The van der Waals surface area contributed by atoms with Gasteiger partial charge in [0.05, 0.1) is 18.1 Å². The minimum absolute atomic E-state index is 0.0480. The van der Waals surface area contributed by atoms with Gasteiger partial charge in [-0.15, -0.1) is 0 Å². The van der Waals surface area contributed by atoms with Crippen LogP contribution in [-0.4, -0.2) is 24.6 Å². The maximum atomic E-state index is 13.4. The molecule has 0 aliphatic heterocycles. The molecule has 0 radical (unpaired) electrons. The summed E-state index contributed by atoms with van der Waals surface area (Å²) in [5, 5.41) is 13.6. The fourth-order valence-corrected chi connectivity index (χ4v) is 1.38. The highest BCUT2D eigenvalue weighted by Crippen LogP contribution is 2.31. The van der Waals surface area contributed by atoms with Crippen molar-refractivity contribution in [3.8, 4) is 5.75 Å². The van der Waals surface area contributed by atoms with E-state index >= 15 is 0 Å². The third kappa shape index (κ3) is 3.30. The second kappa shape index (κ2) is 6.15. The Kier molecular flexibility index (Phi) is 4.85. The van der Waals surface area contributed by atoms with Crippen LogP contribution in [0.25, 0.3) is 0 Å². The molecule has 6 nitrogen and oxygen atoms in total. The Bertz CT molecular complexity index is 440. The molecule has 0 heterocycles. The Morgan fingerprint density at radius 1 is 1.61 bits per heavy atom. The van der Waals surface area contributed by atoms with E-state index in [-0.39, 0.29) is 23.2 Å². The number of anilines is 1. The number of nitrogens with one attached hydrogen (secondary N) is 1. The molecule has 0 bridgehead atoms. The quantitative estimate of drug-likeness (QED) is 0.600. The number of methoxy groups -OCH3 is 1. The first-order chi connectivity index (χ1) is 8.49. The van der Waals surface area contributed by atoms with Crippen molar-refractivity contribution in [3.05, 3.63) is 28.1 Å². The summed E-state index contributed by atoms with van der Waals surface area (Å²) >= 11 is 0. The smallest absolute Gasteiger partial charge is 0.295 e. The van der Waals surface area contributed by atoms with E-state index in [9.17, 15) is 14.5 Å². The van der Waals surface area contributed by atoms with Gasteiger partial charge in [0, 0.05) is 18.7 Å². The van der Waals surface area contributed by atoms with Crippen LogP contribution in [0.1, 0.15) is 13.3 Å². The van der Waals surface area contributed by atoms with Crippen molar-refractivity contribution in [3.63, 3.8) is 0 Å². The predicted molar refractivity (Wildman–Crippen MR) is 66.4 cm³/mol. The summed E-state index contributed by atoms with van der Waals surface area (Å²) in [6, 6.07) is 1.97. The number of halogens is 1. The van der Waals surface area contributed by atoms with E-state index in [4.69, 9.17) is 10.5 Å². The number of nitrogens with zero attached hydrogens (tertiary/aromatic N) is 1. The van der Waals surface area contributed by atoms with Crippen molar-refractivity contribution in [1.29, 1.82) is 0 Å². The second-order valence-electron chi connectivity index (χ2n) is 3.81. The number of benzene rings is 1. The van der Waals surface area contributed by atoms with Gasteiger partial charge in [-0.3, -0.25) is 10.1 Å². The van der Waals surface area contributed by atoms with Gasteiger partial charge in [-0.05, 0) is 6.42 Å². The van der Waals surface area contributed by atoms with Crippen molar-refractivity contribution in [2.75, 3.05) is 19.0 Å². The molecule has 0 spiro atoms. The Morgan fingerprint density at radius 2 is 2.28 bits per heavy atom. The topological polar surface area (TPSA) is 90.4 Å². The first-order valence-electron chi connectivity index (χ1n) is 5.51. The lowest BCUT2D eigenvalue weighted by Crippen LogP contribution is -2.28. The highest BCUT2D eigenvalue weighted by atomic mass is 19.1. The fraction of sp³-hybridized carbons (Fsp3) is 0.455. The summed E-state index contributed by atoms with van der Waals surface area (Å²) in [4.78, 5) is 10.2. The summed E-state index contributed by atoms with van der Waals surface area (Å²) in [6.07, 6.45) is 0.735. The predicted octanol–water partition coefficient (Wildman–Crippen LogP) is 1.89. The number of rotatable bonds is 6. The van der Waals surface area contributed by atoms with Crippen molar-refractivity contribution in [1.82, 2.24) is 0 Å². The van der Waals surface area contributed by atoms with Crippen LogP contribution >= 0.6 is 0 Å². The Balaban J connectivity index is 3.02. The molecule has 0 aliphatic carbocycles. The molecule has 1 aromatic carbocycles. The largest absolute Gasteiger partial charge is 0.494 e. The summed E-state index contributed by atoms with van der Waals surface area (Å²) in [6.45, 7) is 2.28. The Hall–Kier alpha value is -1.89. The lowest BCUT2D eigenvalue weighted by molar-refractivity contribution is -0.384. The van der Waals surface area contributed by atoms with E-state index in [1.54, 1.807) is 0 Å². The van der Waals surface area contributed by atoms with Crippen molar-refractivity contribution < 1.29 is 14.1 Å². The maximum absolute atomic E-state index is 13.4. The fourth-order valence-electron chi connectivity index (χ4n) is 1.38. The Labute approximate surface area is 104 Å². The summed E-state index contributed by atoms with van der Waals surface area (Å²) in [5.74, 6) is -0.817. The Morgan fingerprint density at radius 3 is 2.78 bits per heavy atom. The number of hydrogen-bond donors (Lipinski definition) is 2. The summed E-state index contributed by atoms with van der Waals surface area (Å²) in [7, 11) is 1.30. The number of hydrogen-bond acceptors (Lipinski definition) is 5. The number of nitrogens with two attached hydrogens (primary N) is 1. The van der Waals surface area contributed by atoms with Crippen LogP contribution in [0.15, 0.2) is 12.1 Å². The maximum Gasteiger partial charge on any atom is 0.295 e. The van der Waals surface area contributed by atoms with Gasteiger partial charge in [0.25, 0.3) is 5.69 Å². The van der Waals surface area contributed by atoms with E-state index in [0.717, 1.165) is 12.5 Å².